The lowest BCUT2D eigenvalue weighted by molar-refractivity contribution is -0.149. The van der Waals surface area contributed by atoms with Crippen LogP contribution < -0.4 is 5.73 Å². The molecule has 3 nitrogen and oxygen atoms in total. The molecule has 0 saturated carbocycles. The van der Waals surface area contributed by atoms with Crippen molar-refractivity contribution < 1.29 is 9.53 Å². The van der Waals surface area contributed by atoms with Gasteiger partial charge in [0, 0.05) is 6.54 Å². The van der Waals surface area contributed by atoms with Crippen molar-refractivity contribution in [3.8, 4) is 0 Å². The number of carbonyl (C=O) groups is 1. The average molecular weight is 224 g/mol. The van der Waals surface area contributed by atoms with Crippen molar-refractivity contribution in [3.05, 3.63) is 0 Å². The predicted molar refractivity (Wildman–Crippen MR) is 60.5 cm³/mol. The van der Waals surface area contributed by atoms with E-state index in [0.29, 0.717) is 19.1 Å². The Balaban J connectivity index is 0. The van der Waals surface area contributed by atoms with Crippen LogP contribution in [0.15, 0.2) is 0 Å². The molecule has 1 unspecified atom stereocenters. The Hall–Kier alpha value is -0.280. The Morgan fingerprint density at radius 3 is 2.07 bits per heavy atom. The van der Waals surface area contributed by atoms with Gasteiger partial charge in [0.1, 0.15) is 0 Å². The third-order valence-corrected chi connectivity index (χ3v) is 2.46. The molecule has 0 saturated heterocycles. The van der Waals surface area contributed by atoms with E-state index in [-0.39, 0.29) is 24.3 Å². The summed E-state index contributed by atoms with van der Waals surface area (Å²) in [7, 11) is 0. The van der Waals surface area contributed by atoms with E-state index in [2.05, 4.69) is 13.8 Å². The summed E-state index contributed by atoms with van der Waals surface area (Å²) in [6.07, 6.45) is 1.97. The van der Waals surface area contributed by atoms with Crippen molar-refractivity contribution >= 4 is 18.4 Å². The van der Waals surface area contributed by atoms with Crippen LogP contribution in [0.25, 0.3) is 0 Å². The number of esters is 1. The number of carbonyl (C=O) groups excluding carboxylic acids is 1. The van der Waals surface area contributed by atoms with Gasteiger partial charge < -0.3 is 10.5 Å². The molecule has 2 N–H and O–H groups in total. The summed E-state index contributed by atoms with van der Waals surface area (Å²) in [5.74, 6) is 0.109. The Bertz CT molecular complexity index is 149. The van der Waals surface area contributed by atoms with Crippen LogP contribution in [0, 0.1) is 11.8 Å². The number of rotatable bonds is 6. The molecule has 0 rings (SSSR count). The van der Waals surface area contributed by atoms with Crippen LogP contribution in [0.2, 0.25) is 0 Å². The zero-order valence-corrected chi connectivity index (χ0v) is 10.1. The number of nitrogens with two attached hydrogens (primary N) is 1. The molecule has 0 aliphatic carbocycles. The van der Waals surface area contributed by atoms with Crippen LogP contribution in [0.4, 0.5) is 0 Å². The molecule has 0 aliphatic heterocycles. The van der Waals surface area contributed by atoms with E-state index in [9.17, 15) is 4.79 Å². The minimum absolute atomic E-state index is 0. The lowest BCUT2D eigenvalue weighted by Crippen LogP contribution is -2.32. The standard InChI is InChI=1S/C10H21NO2.ClH/c1-4-8(5-2)9(7-11)10(12)13-6-3;/h8-9H,4-7,11H2,1-3H3;1H. The second kappa shape index (κ2) is 9.28. The maximum Gasteiger partial charge on any atom is 0.310 e. The van der Waals surface area contributed by atoms with Crippen molar-refractivity contribution in [1.29, 1.82) is 0 Å². The van der Waals surface area contributed by atoms with E-state index in [1.54, 1.807) is 0 Å². The summed E-state index contributed by atoms with van der Waals surface area (Å²) < 4.78 is 4.96. The molecular weight excluding hydrogens is 202 g/mol. The van der Waals surface area contributed by atoms with Gasteiger partial charge in [-0.05, 0) is 12.8 Å². The second-order valence-electron chi connectivity index (χ2n) is 3.17. The van der Waals surface area contributed by atoms with Gasteiger partial charge in [0.15, 0.2) is 0 Å². The largest absolute Gasteiger partial charge is 0.466 e. The Kier molecular flexibility index (Phi) is 10.7. The first kappa shape index (κ1) is 16.2. The maximum absolute atomic E-state index is 11.4. The first-order valence-corrected chi connectivity index (χ1v) is 5.07. The molecule has 0 fully saturated rings. The van der Waals surface area contributed by atoms with Crippen LogP contribution >= 0.6 is 12.4 Å². The summed E-state index contributed by atoms with van der Waals surface area (Å²) in [6, 6.07) is 0. The van der Waals surface area contributed by atoms with Gasteiger partial charge in [-0.25, -0.2) is 0 Å². The third-order valence-electron chi connectivity index (χ3n) is 2.46. The molecule has 0 aromatic rings. The molecule has 1 atom stereocenters. The summed E-state index contributed by atoms with van der Waals surface area (Å²) >= 11 is 0. The van der Waals surface area contributed by atoms with E-state index in [1.165, 1.54) is 0 Å². The minimum Gasteiger partial charge on any atom is -0.466 e. The normalized spacial score (nSPS) is 12.1. The Morgan fingerprint density at radius 1 is 1.29 bits per heavy atom. The number of hydrogen-bond acceptors (Lipinski definition) is 3. The molecule has 14 heavy (non-hydrogen) atoms. The zero-order chi connectivity index (χ0) is 10.3. The first-order valence-electron chi connectivity index (χ1n) is 5.07. The minimum atomic E-state index is -0.140. The monoisotopic (exact) mass is 223 g/mol. The van der Waals surface area contributed by atoms with E-state index < -0.39 is 0 Å². The van der Waals surface area contributed by atoms with Crippen LogP contribution in [-0.2, 0) is 9.53 Å². The molecule has 0 amide bonds. The lowest BCUT2D eigenvalue weighted by Gasteiger charge is -2.21. The first-order chi connectivity index (χ1) is 6.21. The van der Waals surface area contributed by atoms with Crippen molar-refractivity contribution in [3.63, 3.8) is 0 Å². The van der Waals surface area contributed by atoms with E-state index in [1.807, 2.05) is 6.92 Å². The van der Waals surface area contributed by atoms with Gasteiger partial charge in [-0.2, -0.15) is 0 Å². The van der Waals surface area contributed by atoms with Gasteiger partial charge in [0.25, 0.3) is 0 Å². The van der Waals surface area contributed by atoms with Gasteiger partial charge in [-0.3, -0.25) is 4.79 Å². The quantitative estimate of drug-likeness (QED) is 0.701. The summed E-state index contributed by atoms with van der Waals surface area (Å²) in [5, 5.41) is 0. The van der Waals surface area contributed by atoms with Gasteiger partial charge in [-0.1, -0.05) is 26.7 Å². The molecule has 0 heterocycles. The van der Waals surface area contributed by atoms with E-state index in [0.717, 1.165) is 12.8 Å². The topological polar surface area (TPSA) is 52.3 Å². The van der Waals surface area contributed by atoms with Crippen LogP contribution in [0.3, 0.4) is 0 Å². The van der Waals surface area contributed by atoms with Gasteiger partial charge in [-0.15, -0.1) is 12.4 Å². The van der Waals surface area contributed by atoms with E-state index >= 15 is 0 Å². The predicted octanol–water partition coefficient (Wildman–Crippen LogP) is 1.98. The highest BCUT2D eigenvalue weighted by Gasteiger charge is 2.25. The van der Waals surface area contributed by atoms with Gasteiger partial charge >= 0.3 is 5.97 Å². The zero-order valence-electron chi connectivity index (χ0n) is 9.29. The fourth-order valence-electron chi connectivity index (χ4n) is 1.59. The molecule has 86 valence electrons. The lowest BCUT2D eigenvalue weighted by atomic mass is 9.88. The third kappa shape index (κ3) is 4.82. The van der Waals surface area contributed by atoms with E-state index in [4.69, 9.17) is 10.5 Å². The molecule has 4 heteroatoms. The van der Waals surface area contributed by atoms with Crippen LogP contribution in [0.5, 0.6) is 0 Å². The van der Waals surface area contributed by atoms with Crippen molar-refractivity contribution in [2.75, 3.05) is 13.2 Å². The summed E-state index contributed by atoms with van der Waals surface area (Å²) in [5.41, 5.74) is 5.56. The van der Waals surface area contributed by atoms with Crippen molar-refractivity contribution in [2.24, 2.45) is 17.6 Å². The van der Waals surface area contributed by atoms with Crippen LogP contribution in [0.1, 0.15) is 33.6 Å². The molecular formula is C10H22ClNO2. The Labute approximate surface area is 92.8 Å². The number of halogens is 1. The molecule has 0 spiro atoms. The highest BCUT2D eigenvalue weighted by atomic mass is 35.5. The molecule has 0 aromatic carbocycles. The number of hydrogen-bond donors (Lipinski definition) is 1. The van der Waals surface area contributed by atoms with Crippen molar-refractivity contribution in [2.45, 2.75) is 33.6 Å². The maximum atomic E-state index is 11.4. The molecule has 0 aliphatic rings. The molecule has 0 radical (unpaired) electrons. The van der Waals surface area contributed by atoms with Gasteiger partial charge in [0.2, 0.25) is 0 Å². The SMILES string of the molecule is CCOC(=O)C(CN)C(CC)CC.Cl. The number of ether oxygens (including phenoxy) is 1. The second-order valence-corrected chi connectivity index (χ2v) is 3.17. The highest BCUT2D eigenvalue weighted by molar-refractivity contribution is 5.85. The van der Waals surface area contributed by atoms with Crippen LogP contribution in [-0.4, -0.2) is 19.1 Å². The molecule has 0 aromatic heterocycles. The highest BCUT2D eigenvalue weighted by Crippen LogP contribution is 2.19. The fraction of sp³-hybridized carbons (Fsp3) is 0.900. The average Bonchev–Trinajstić information content (AvgIpc) is 2.14. The summed E-state index contributed by atoms with van der Waals surface area (Å²) in [6.45, 7) is 6.81. The smallest absolute Gasteiger partial charge is 0.310 e. The molecule has 0 bridgehead atoms. The van der Waals surface area contributed by atoms with Gasteiger partial charge in [0.05, 0.1) is 12.5 Å². The van der Waals surface area contributed by atoms with Crippen molar-refractivity contribution in [1.82, 2.24) is 0 Å². The summed E-state index contributed by atoms with van der Waals surface area (Å²) in [4.78, 5) is 11.4. The fourth-order valence-corrected chi connectivity index (χ4v) is 1.59. The Morgan fingerprint density at radius 2 is 1.79 bits per heavy atom.